The van der Waals surface area contributed by atoms with Crippen LogP contribution < -0.4 is 9.64 Å². The highest BCUT2D eigenvalue weighted by Crippen LogP contribution is 2.52. The van der Waals surface area contributed by atoms with Crippen LogP contribution in [-0.2, 0) is 0 Å². The Morgan fingerprint density at radius 1 is 1.03 bits per heavy atom. The number of benzene rings is 2. The lowest BCUT2D eigenvalue weighted by molar-refractivity contribution is 0.0858. The van der Waals surface area contributed by atoms with Crippen LogP contribution in [0.1, 0.15) is 69.5 Å². The SMILES string of the molecule is C=S1(=C)CC(CCCC)(CCCC)N(C)C(c2ccc(OC)cc2)c2cc(N(C)C)ccc21. The quantitative estimate of drug-likeness (QED) is 0.371. The van der Waals surface area contributed by atoms with Crippen molar-refractivity contribution in [2.45, 2.75) is 68.8 Å². The van der Waals surface area contributed by atoms with Gasteiger partial charge in [0, 0.05) is 36.0 Å². The van der Waals surface area contributed by atoms with Gasteiger partial charge >= 0.3 is 0 Å². The summed E-state index contributed by atoms with van der Waals surface area (Å²) in [6.45, 7) is 4.61. The molecule has 2 aromatic rings. The van der Waals surface area contributed by atoms with Gasteiger partial charge in [-0.2, -0.15) is 9.21 Å². The average molecular weight is 469 g/mol. The lowest BCUT2D eigenvalue weighted by Crippen LogP contribution is -2.50. The first-order valence-electron chi connectivity index (χ1n) is 12.3. The van der Waals surface area contributed by atoms with E-state index in [1.807, 2.05) is 0 Å². The van der Waals surface area contributed by atoms with Gasteiger partial charge in [-0.05, 0) is 61.3 Å². The molecule has 0 N–H and O–H groups in total. The summed E-state index contributed by atoms with van der Waals surface area (Å²) >= 11 is 0. The molecule has 0 aromatic heterocycles. The standard InChI is InChI=1S/C29H44N2OS/c1-9-11-19-29(20-12-10-2)22-33(7,8)27-18-15-24(30(3)4)21-26(27)28(31(29)5)23-13-16-25(32-6)17-14-23/h13-18,21,28H,7-12,19-20,22H2,1-6H3. The molecule has 3 nitrogen and oxygen atoms in total. The number of methoxy groups -OCH3 is 1. The van der Waals surface area contributed by atoms with Crippen LogP contribution in [0.3, 0.4) is 0 Å². The number of nitrogens with zero attached hydrogens (tertiary/aromatic N) is 2. The van der Waals surface area contributed by atoms with Crippen molar-refractivity contribution in [1.29, 1.82) is 0 Å². The molecule has 33 heavy (non-hydrogen) atoms. The number of unbranched alkanes of at least 4 members (excludes halogenated alkanes) is 2. The van der Waals surface area contributed by atoms with E-state index in [9.17, 15) is 0 Å². The molecule has 3 rings (SSSR count). The van der Waals surface area contributed by atoms with Crippen molar-refractivity contribution < 1.29 is 4.74 Å². The Bertz CT molecular complexity index is 1020. The van der Waals surface area contributed by atoms with Crippen molar-refractivity contribution >= 4 is 26.6 Å². The van der Waals surface area contributed by atoms with E-state index in [4.69, 9.17) is 16.5 Å². The Kier molecular flexibility index (Phi) is 8.23. The van der Waals surface area contributed by atoms with E-state index >= 15 is 0 Å². The van der Waals surface area contributed by atoms with E-state index < -0.39 is 9.21 Å². The Morgan fingerprint density at radius 2 is 1.64 bits per heavy atom. The fourth-order valence-electron chi connectivity index (χ4n) is 5.42. The molecule has 0 saturated carbocycles. The smallest absolute Gasteiger partial charge is 0.118 e. The summed E-state index contributed by atoms with van der Waals surface area (Å²) in [7, 11) is 6.86. The molecule has 1 heterocycles. The fraction of sp³-hybridized carbons (Fsp3) is 0.517. The second kappa shape index (κ2) is 10.6. The minimum absolute atomic E-state index is 0.0900. The number of hydrogen-bond acceptors (Lipinski definition) is 3. The maximum atomic E-state index is 5.47. The van der Waals surface area contributed by atoms with Crippen LogP contribution in [0.15, 0.2) is 47.4 Å². The van der Waals surface area contributed by atoms with Gasteiger partial charge in [0.1, 0.15) is 5.75 Å². The number of anilines is 1. The van der Waals surface area contributed by atoms with Crippen molar-refractivity contribution in [3.8, 4) is 5.75 Å². The van der Waals surface area contributed by atoms with Crippen LogP contribution in [-0.4, -0.2) is 56.2 Å². The zero-order valence-electron chi connectivity index (χ0n) is 21.7. The molecule has 0 saturated heterocycles. The second-order valence-electron chi connectivity index (χ2n) is 10.0. The third kappa shape index (κ3) is 5.27. The van der Waals surface area contributed by atoms with Crippen LogP contribution in [0.2, 0.25) is 0 Å². The summed E-state index contributed by atoms with van der Waals surface area (Å²) in [5.41, 5.74) is 3.99. The molecule has 1 aliphatic rings. The number of hydrogen-bond donors (Lipinski definition) is 0. The monoisotopic (exact) mass is 468 g/mol. The molecule has 0 aliphatic carbocycles. The maximum Gasteiger partial charge on any atom is 0.118 e. The highest BCUT2D eigenvalue weighted by Gasteiger charge is 2.43. The first kappa shape index (κ1) is 25.7. The van der Waals surface area contributed by atoms with Crippen LogP contribution in [0, 0.1) is 0 Å². The molecule has 0 bridgehead atoms. The molecule has 0 fully saturated rings. The molecular weight excluding hydrogens is 424 g/mol. The van der Waals surface area contributed by atoms with E-state index in [2.05, 4.69) is 87.3 Å². The molecular formula is C29H44N2OS. The molecule has 2 aromatic carbocycles. The van der Waals surface area contributed by atoms with E-state index in [1.54, 1.807) is 7.11 Å². The minimum Gasteiger partial charge on any atom is -0.497 e. The third-order valence-corrected chi connectivity index (χ3v) is 9.77. The summed E-state index contributed by atoms with van der Waals surface area (Å²) in [6.07, 6.45) is 7.28. The average Bonchev–Trinajstić information content (AvgIpc) is 2.87. The Balaban J connectivity index is 2.29. The van der Waals surface area contributed by atoms with Gasteiger partial charge < -0.3 is 9.64 Å². The molecule has 1 unspecified atom stereocenters. The Labute approximate surface area is 203 Å². The van der Waals surface area contributed by atoms with Gasteiger partial charge in [0.2, 0.25) is 0 Å². The molecule has 4 heteroatoms. The van der Waals surface area contributed by atoms with Crippen LogP contribution >= 0.6 is 9.21 Å². The van der Waals surface area contributed by atoms with Gasteiger partial charge in [-0.3, -0.25) is 4.90 Å². The summed E-state index contributed by atoms with van der Waals surface area (Å²) in [5, 5.41) is 0. The van der Waals surface area contributed by atoms with Crippen molar-refractivity contribution in [3.05, 3.63) is 53.6 Å². The summed E-state index contributed by atoms with van der Waals surface area (Å²) < 4.78 is 5.47. The van der Waals surface area contributed by atoms with Crippen molar-refractivity contribution in [2.24, 2.45) is 0 Å². The van der Waals surface area contributed by atoms with Crippen LogP contribution in [0.4, 0.5) is 5.69 Å². The third-order valence-electron chi connectivity index (χ3n) is 7.37. The summed E-state index contributed by atoms with van der Waals surface area (Å²) in [4.78, 5) is 6.25. The van der Waals surface area contributed by atoms with Gasteiger partial charge in [0.05, 0.1) is 13.2 Å². The summed E-state index contributed by atoms with van der Waals surface area (Å²) in [6, 6.07) is 15.8. The molecule has 0 amide bonds. The predicted molar refractivity (Wildman–Crippen MR) is 150 cm³/mol. The summed E-state index contributed by atoms with van der Waals surface area (Å²) in [5.74, 6) is 11.6. The largest absolute Gasteiger partial charge is 0.497 e. The van der Waals surface area contributed by atoms with Gasteiger partial charge in [-0.15, -0.1) is 0 Å². The van der Waals surface area contributed by atoms with Crippen molar-refractivity contribution in [1.82, 2.24) is 4.90 Å². The first-order valence-corrected chi connectivity index (χ1v) is 14.5. The Hall–Kier alpha value is -1.91. The van der Waals surface area contributed by atoms with Crippen LogP contribution in [0.25, 0.3) is 0 Å². The van der Waals surface area contributed by atoms with Gasteiger partial charge in [-0.25, -0.2) is 0 Å². The highest BCUT2D eigenvalue weighted by molar-refractivity contribution is 8.27. The first-order chi connectivity index (χ1) is 15.7. The molecule has 0 radical (unpaired) electrons. The van der Waals surface area contributed by atoms with Gasteiger partial charge in [0.15, 0.2) is 0 Å². The Morgan fingerprint density at radius 3 is 2.15 bits per heavy atom. The maximum absolute atomic E-state index is 5.47. The highest BCUT2D eigenvalue weighted by atomic mass is 32.2. The second-order valence-corrected chi connectivity index (χ2v) is 12.8. The topological polar surface area (TPSA) is 15.7 Å². The molecule has 1 aliphatic heterocycles. The zero-order valence-corrected chi connectivity index (χ0v) is 22.5. The molecule has 0 spiro atoms. The van der Waals surface area contributed by atoms with Crippen molar-refractivity contribution in [3.63, 3.8) is 0 Å². The van der Waals surface area contributed by atoms with E-state index in [-0.39, 0.29) is 11.6 Å². The minimum atomic E-state index is -1.46. The van der Waals surface area contributed by atoms with Gasteiger partial charge in [0.25, 0.3) is 0 Å². The van der Waals surface area contributed by atoms with Crippen molar-refractivity contribution in [2.75, 3.05) is 38.9 Å². The van der Waals surface area contributed by atoms with Crippen LogP contribution in [0.5, 0.6) is 5.75 Å². The molecule has 1 atom stereocenters. The lowest BCUT2D eigenvalue weighted by atomic mass is 9.84. The zero-order chi connectivity index (χ0) is 24.2. The number of fused-ring (bicyclic) bond motifs is 1. The van der Waals surface area contributed by atoms with E-state index in [0.29, 0.717) is 0 Å². The molecule has 182 valence electrons. The normalized spacial score (nSPS) is 19.5. The number of ether oxygens (including phenoxy) is 1. The van der Waals surface area contributed by atoms with E-state index in [1.165, 1.54) is 60.2 Å². The van der Waals surface area contributed by atoms with Gasteiger partial charge in [-0.1, -0.05) is 63.4 Å². The van der Waals surface area contributed by atoms with E-state index in [0.717, 1.165) is 11.5 Å². The predicted octanol–water partition coefficient (Wildman–Crippen LogP) is 6.94. The number of rotatable bonds is 9. The fourth-order valence-corrected chi connectivity index (χ4v) is 8.13. The lowest BCUT2D eigenvalue weighted by Gasteiger charge is -2.46.